The van der Waals surface area contributed by atoms with Crippen LogP contribution in [0.3, 0.4) is 0 Å². The molecule has 0 spiro atoms. The zero-order valence-corrected chi connectivity index (χ0v) is 10.1. The second-order valence-electron chi connectivity index (χ2n) is 3.15. The number of rotatable bonds is 4. The van der Waals surface area contributed by atoms with Gasteiger partial charge >= 0.3 is 5.97 Å². The first kappa shape index (κ1) is 11.8. The van der Waals surface area contributed by atoms with Gasteiger partial charge in [-0.2, -0.15) is 0 Å². The molecule has 2 rings (SSSR count). The predicted molar refractivity (Wildman–Crippen MR) is 65.6 cm³/mol. The van der Waals surface area contributed by atoms with Crippen LogP contribution in [0.2, 0.25) is 4.34 Å². The van der Waals surface area contributed by atoms with Crippen molar-refractivity contribution in [2.24, 2.45) is 0 Å². The van der Waals surface area contributed by atoms with E-state index >= 15 is 0 Å². The van der Waals surface area contributed by atoms with Crippen LogP contribution in [0.15, 0.2) is 24.5 Å². The Morgan fingerprint density at radius 3 is 2.94 bits per heavy atom. The standard InChI is InChI=1S/C10H8ClN3O2S/c11-8-2-1-6(17-8)3-13-9-5-12-4-7(14-9)10(15)16/h1-2,4-5H,3H2,(H,13,14)(H,15,16). The average molecular weight is 270 g/mol. The molecule has 0 atom stereocenters. The molecule has 0 aromatic carbocycles. The summed E-state index contributed by atoms with van der Waals surface area (Å²) in [5.74, 6) is -0.672. The molecule has 0 bridgehead atoms. The Morgan fingerprint density at radius 1 is 1.47 bits per heavy atom. The molecule has 0 aliphatic heterocycles. The lowest BCUT2D eigenvalue weighted by molar-refractivity contribution is 0.0690. The van der Waals surface area contributed by atoms with Crippen LogP contribution in [0.1, 0.15) is 15.4 Å². The molecule has 2 N–H and O–H groups in total. The van der Waals surface area contributed by atoms with Crippen molar-refractivity contribution in [3.8, 4) is 0 Å². The van der Waals surface area contributed by atoms with E-state index in [1.54, 1.807) is 0 Å². The number of carboxylic acid groups (broad SMARTS) is 1. The second kappa shape index (κ2) is 5.11. The molecular weight excluding hydrogens is 262 g/mol. The fourth-order valence-corrected chi connectivity index (χ4v) is 2.21. The summed E-state index contributed by atoms with van der Waals surface area (Å²) in [7, 11) is 0. The number of thiophene rings is 1. The predicted octanol–water partition coefficient (Wildman–Crippen LogP) is 2.50. The zero-order valence-electron chi connectivity index (χ0n) is 8.55. The molecule has 0 unspecified atom stereocenters. The molecule has 0 aliphatic rings. The summed E-state index contributed by atoms with van der Waals surface area (Å²) in [6, 6.07) is 3.71. The lowest BCUT2D eigenvalue weighted by atomic mass is 10.4. The van der Waals surface area contributed by atoms with Crippen LogP contribution < -0.4 is 5.32 Å². The molecule has 2 aromatic heterocycles. The van der Waals surface area contributed by atoms with Crippen molar-refractivity contribution >= 4 is 34.7 Å². The summed E-state index contributed by atoms with van der Waals surface area (Å²) in [6.07, 6.45) is 2.68. The van der Waals surface area contributed by atoms with Gasteiger partial charge in [0.15, 0.2) is 5.69 Å². The maximum absolute atomic E-state index is 10.7. The van der Waals surface area contributed by atoms with Gasteiger partial charge in [-0.3, -0.25) is 4.98 Å². The van der Waals surface area contributed by atoms with E-state index in [1.165, 1.54) is 23.7 Å². The van der Waals surface area contributed by atoms with E-state index in [0.717, 1.165) is 4.88 Å². The fraction of sp³-hybridized carbons (Fsp3) is 0.100. The summed E-state index contributed by atoms with van der Waals surface area (Å²) >= 11 is 7.25. The van der Waals surface area contributed by atoms with Crippen LogP contribution in [0.4, 0.5) is 5.82 Å². The highest BCUT2D eigenvalue weighted by Crippen LogP contribution is 2.21. The highest BCUT2D eigenvalue weighted by Gasteiger charge is 2.06. The van der Waals surface area contributed by atoms with Gasteiger partial charge in [-0.05, 0) is 12.1 Å². The third-order valence-corrected chi connectivity index (χ3v) is 3.16. The van der Waals surface area contributed by atoms with Gasteiger partial charge in [-0.1, -0.05) is 11.6 Å². The van der Waals surface area contributed by atoms with Crippen molar-refractivity contribution in [1.82, 2.24) is 9.97 Å². The highest BCUT2D eigenvalue weighted by molar-refractivity contribution is 7.16. The zero-order chi connectivity index (χ0) is 12.3. The van der Waals surface area contributed by atoms with Crippen LogP contribution in [0, 0.1) is 0 Å². The molecule has 5 nitrogen and oxygen atoms in total. The van der Waals surface area contributed by atoms with Crippen LogP contribution in [0.25, 0.3) is 0 Å². The number of hydrogen-bond acceptors (Lipinski definition) is 5. The Hall–Kier alpha value is -1.66. The molecule has 0 saturated heterocycles. The van der Waals surface area contributed by atoms with E-state index in [-0.39, 0.29) is 5.69 Å². The van der Waals surface area contributed by atoms with Crippen molar-refractivity contribution in [3.63, 3.8) is 0 Å². The molecule has 0 saturated carbocycles. The van der Waals surface area contributed by atoms with E-state index in [9.17, 15) is 4.79 Å². The highest BCUT2D eigenvalue weighted by atomic mass is 35.5. The van der Waals surface area contributed by atoms with Gasteiger partial charge in [0.25, 0.3) is 0 Å². The largest absolute Gasteiger partial charge is 0.476 e. The fourth-order valence-electron chi connectivity index (χ4n) is 1.18. The number of halogens is 1. The van der Waals surface area contributed by atoms with Gasteiger partial charge in [0.1, 0.15) is 5.82 Å². The third kappa shape index (κ3) is 3.15. The monoisotopic (exact) mass is 269 g/mol. The Balaban J connectivity index is 2.04. The van der Waals surface area contributed by atoms with Crippen molar-refractivity contribution in [2.45, 2.75) is 6.54 Å². The molecule has 0 radical (unpaired) electrons. The van der Waals surface area contributed by atoms with Crippen LogP contribution in [0.5, 0.6) is 0 Å². The molecule has 0 fully saturated rings. The molecule has 88 valence electrons. The minimum Gasteiger partial charge on any atom is -0.476 e. The van der Waals surface area contributed by atoms with Crippen molar-refractivity contribution in [1.29, 1.82) is 0 Å². The quantitative estimate of drug-likeness (QED) is 0.892. The first-order valence-corrected chi connectivity index (χ1v) is 5.88. The van der Waals surface area contributed by atoms with Gasteiger partial charge in [-0.25, -0.2) is 9.78 Å². The lowest BCUT2D eigenvalue weighted by Gasteiger charge is -2.03. The topological polar surface area (TPSA) is 75.1 Å². The van der Waals surface area contributed by atoms with E-state index in [4.69, 9.17) is 16.7 Å². The van der Waals surface area contributed by atoms with Gasteiger partial charge < -0.3 is 10.4 Å². The van der Waals surface area contributed by atoms with Gasteiger partial charge in [0.2, 0.25) is 0 Å². The molecule has 7 heteroatoms. The Labute approximate surface area is 106 Å². The number of hydrogen-bond donors (Lipinski definition) is 2. The maximum atomic E-state index is 10.7. The molecule has 0 amide bonds. The van der Waals surface area contributed by atoms with E-state index in [2.05, 4.69) is 15.3 Å². The molecule has 2 aromatic rings. The average Bonchev–Trinajstić information content (AvgIpc) is 2.73. The van der Waals surface area contributed by atoms with E-state index in [1.807, 2.05) is 12.1 Å². The van der Waals surface area contributed by atoms with E-state index in [0.29, 0.717) is 16.7 Å². The summed E-state index contributed by atoms with van der Waals surface area (Å²) in [5, 5.41) is 11.7. The molecule has 0 aliphatic carbocycles. The molecular formula is C10H8ClN3O2S. The van der Waals surface area contributed by atoms with Gasteiger partial charge in [0, 0.05) is 4.88 Å². The maximum Gasteiger partial charge on any atom is 0.356 e. The van der Waals surface area contributed by atoms with Crippen LogP contribution >= 0.6 is 22.9 Å². The van der Waals surface area contributed by atoms with Gasteiger partial charge in [0.05, 0.1) is 23.3 Å². The molecule has 2 heterocycles. The first-order chi connectivity index (χ1) is 8.15. The minimum atomic E-state index is -1.10. The Bertz CT molecular complexity index is 544. The van der Waals surface area contributed by atoms with Crippen LogP contribution in [-0.2, 0) is 6.54 Å². The third-order valence-electron chi connectivity index (χ3n) is 1.93. The summed E-state index contributed by atoms with van der Waals surface area (Å²) in [5.41, 5.74) is -0.0841. The number of anilines is 1. The normalized spacial score (nSPS) is 10.2. The van der Waals surface area contributed by atoms with Crippen LogP contribution in [-0.4, -0.2) is 21.0 Å². The number of aromatic carboxylic acids is 1. The van der Waals surface area contributed by atoms with Crippen molar-refractivity contribution < 1.29 is 9.90 Å². The van der Waals surface area contributed by atoms with Gasteiger partial charge in [-0.15, -0.1) is 11.3 Å². The molecule has 17 heavy (non-hydrogen) atoms. The second-order valence-corrected chi connectivity index (χ2v) is 4.95. The first-order valence-electron chi connectivity index (χ1n) is 4.68. The van der Waals surface area contributed by atoms with Crippen molar-refractivity contribution in [2.75, 3.05) is 5.32 Å². The number of nitrogens with zero attached hydrogens (tertiary/aromatic N) is 2. The van der Waals surface area contributed by atoms with E-state index < -0.39 is 5.97 Å². The number of nitrogens with one attached hydrogen (secondary N) is 1. The summed E-state index contributed by atoms with van der Waals surface area (Å²) in [6.45, 7) is 0.537. The summed E-state index contributed by atoms with van der Waals surface area (Å²) < 4.78 is 0.715. The SMILES string of the molecule is O=C(O)c1cncc(NCc2ccc(Cl)s2)n1. The summed E-state index contributed by atoms with van der Waals surface area (Å²) in [4.78, 5) is 19.4. The number of carboxylic acids is 1. The smallest absolute Gasteiger partial charge is 0.356 e. The lowest BCUT2D eigenvalue weighted by Crippen LogP contribution is -2.06. The Kier molecular flexibility index (Phi) is 3.55. The Morgan fingerprint density at radius 2 is 2.29 bits per heavy atom. The minimum absolute atomic E-state index is 0.0841. The number of carbonyl (C=O) groups is 1. The van der Waals surface area contributed by atoms with Crippen molar-refractivity contribution in [3.05, 3.63) is 39.4 Å². The number of aromatic nitrogens is 2.